The zero-order valence-electron chi connectivity index (χ0n) is 10.6. The number of aromatic nitrogens is 1. The van der Waals surface area contributed by atoms with Gasteiger partial charge in [0.1, 0.15) is 0 Å². The fourth-order valence-electron chi connectivity index (χ4n) is 3.85. The smallest absolute Gasteiger partial charge is 0.0586 e. The van der Waals surface area contributed by atoms with Gasteiger partial charge in [0.25, 0.3) is 0 Å². The van der Waals surface area contributed by atoms with Crippen LogP contribution in [0.25, 0.3) is 10.9 Å². The molecule has 1 saturated heterocycles. The quantitative estimate of drug-likeness (QED) is 0.766. The molecule has 1 aromatic heterocycles. The van der Waals surface area contributed by atoms with Gasteiger partial charge < -0.3 is 4.98 Å². The van der Waals surface area contributed by atoms with Crippen LogP contribution in [0.2, 0.25) is 5.02 Å². The van der Waals surface area contributed by atoms with Crippen LogP contribution in [-0.2, 0) is 12.0 Å². The number of H-pyrrole nitrogens is 1. The van der Waals surface area contributed by atoms with E-state index in [1.807, 2.05) is 6.07 Å². The van der Waals surface area contributed by atoms with E-state index in [-0.39, 0.29) is 5.54 Å². The Bertz CT molecular complexity index is 631. The summed E-state index contributed by atoms with van der Waals surface area (Å²) in [5, 5.41) is 2.16. The van der Waals surface area contributed by atoms with Crippen LogP contribution >= 0.6 is 11.6 Å². The highest BCUT2D eigenvalue weighted by atomic mass is 35.5. The normalized spacial score (nSPS) is 27.4. The summed E-state index contributed by atoms with van der Waals surface area (Å²) in [6.07, 6.45) is 3.72. The van der Waals surface area contributed by atoms with Gasteiger partial charge in [0, 0.05) is 28.2 Å². The molecule has 0 saturated carbocycles. The maximum absolute atomic E-state index is 6.14. The molecular formula is C15H17ClN2. The Labute approximate surface area is 112 Å². The van der Waals surface area contributed by atoms with Crippen LogP contribution in [0.15, 0.2) is 18.2 Å². The molecule has 2 aliphatic rings. The standard InChI is InChI=1S/C15H17ClN2/c1-15-6-2-7-18(15)8-5-11-12-9-10(16)3-4-13(12)17-14(11)15/h3-4,9,17H,2,5-8H2,1H3/t15-/m1/s1. The molecule has 1 N–H and O–H groups in total. The average Bonchev–Trinajstić information content (AvgIpc) is 2.89. The number of fused-ring (bicyclic) bond motifs is 5. The molecule has 1 aromatic carbocycles. The van der Waals surface area contributed by atoms with Gasteiger partial charge in [-0.05, 0) is 56.5 Å². The molecule has 3 heteroatoms. The highest BCUT2D eigenvalue weighted by molar-refractivity contribution is 6.31. The van der Waals surface area contributed by atoms with Crippen LogP contribution in [-0.4, -0.2) is 23.0 Å². The van der Waals surface area contributed by atoms with Crippen LogP contribution in [0.3, 0.4) is 0 Å². The third-order valence-electron chi connectivity index (χ3n) is 4.83. The molecule has 0 spiro atoms. The molecule has 0 aliphatic carbocycles. The van der Waals surface area contributed by atoms with Gasteiger partial charge in [-0.2, -0.15) is 0 Å². The van der Waals surface area contributed by atoms with Gasteiger partial charge in [0.2, 0.25) is 0 Å². The van der Waals surface area contributed by atoms with Crippen molar-refractivity contribution in [3.05, 3.63) is 34.5 Å². The van der Waals surface area contributed by atoms with E-state index in [1.54, 1.807) is 0 Å². The minimum Gasteiger partial charge on any atom is -0.357 e. The zero-order valence-corrected chi connectivity index (χ0v) is 11.3. The Morgan fingerprint density at radius 3 is 3.11 bits per heavy atom. The number of nitrogens with zero attached hydrogens (tertiary/aromatic N) is 1. The second-order valence-electron chi connectivity index (χ2n) is 5.78. The fraction of sp³-hybridized carbons (Fsp3) is 0.467. The van der Waals surface area contributed by atoms with E-state index in [2.05, 4.69) is 28.9 Å². The molecule has 2 aromatic rings. The van der Waals surface area contributed by atoms with Gasteiger partial charge in [-0.15, -0.1) is 0 Å². The Kier molecular flexibility index (Phi) is 2.13. The van der Waals surface area contributed by atoms with Crippen molar-refractivity contribution in [1.29, 1.82) is 0 Å². The first-order valence-corrected chi connectivity index (χ1v) is 7.12. The van der Waals surface area contributed by atoms with E-state index in [0.717, 1.165) is 11.4 Å². The molecule has 1 fully saturated rings. The highest BCUT2D eigenvalue weighted by Crippen LogP contribution is 2.45. The monoisotopic (exact) mass is 260 g/mol. The van der Waals surface area contributed by atoms with Crippen molar-refractivity contribution in [2.45, 2.75) is 31.7 Å². The first-order valence-electron chi connectivity index (χ1n) is 6.74. The zero-order chi connectivity index (χ0) is 12.3. The topological polar surface area (TPSA) is 19.0 Å². The van der Waals surface area contributed by atoms with Crippen LogP contribution in [0.1, 0.15) is 31.0 Å². The number of benzene rings is 1. The van der Waals surface area contributed by atoms with Crippen molar-refractivity contribution < 1.29 is 0 Å². The highest BCUT2D eigenvalue weighted by Gasteiger charge is 2.43. The number of hydrogen-bond acceptors (Lipinski definition) is 1. The van der Waals surface area contributed by atoms with E-state index in [4.69, 9.17) is 11.6 Å². The van der Waals surface area contributed by atoms with Gasteiger partial charge in [-0.1, -0.05) is 11.6 Å². The molecule has 0 unspecified atom stereocenters. The number of aromatic amines is 1. The molecule has 1 atom stereocenters. The second-order valence-corrected chi connectivity index (χ2v) is 6.22. The van der Waals surface area contributed by atoms with Crippen molar-refractivity contribution in [1.82, 2.24) is 9.88 Å². The minimum atomic E-state index is 0.221. The fourth-order valence-corrected chi connectivity index (χ4v) is 4.02. The molecule has 2 aliphatic heterocycles. The van der Waals surface area contributed by atoms with Gasteiger partial charge in [-0.3, -0.25) is 4.90 Å². The summed E-state index contributed by atoms with van der Waals surface area (Å²) in [7, 11) is 0. The molecule has 0 amide bonds. The van der Waals surface area contributed by atoms with Crippen LogP contribution < -0.4 is 0 Å². The van der Waals surface area contributed by atoms with Crippen molar-refractivity contribution >= 4 is 22.5 Å². The van der Waals surface area contributed by atoms with Crippen molar-refractivity contribution in [2.75, 3.05) is 13.1 Å². The largest absolute Gasteiger partial charge is 0.357 e. The molecule has 2 nitrogen and oxygen atoms in total. The first-order chi connectivity index (χ1) is 8.68. The summed E-state index contributed by atoms with van der Waals surface area (Å²) in [4.78, 5) is 6.29. The van der Waals surface area contributed by atoms with Crippen molar-refractivity contribution in [2.24, 2.45) is 0 Å². The van der Waals surface area contributed by atoms with E-state index < -0.39 is 0 Å². The second kappa shape index (κ2) is 3.52. The van der Waals surface area contributed by atoms with Crippen molar-refractivity contribution in [3.63, 3.8) is 0 Å². The lowest BCUT2D eigenvalue weighted by atomic mass is 9.86. The SMILES string of the molecule is C[C@]12CCCN1CCc1c2[nH]c2ccc(Cl)cc12. The third kappa shape index (κ3) is 1.28. The predicted molar refractivity (Wildman–Crippen MR) is 75.2 cm³/mol. The maximum Gasteiger partial charge on any atom is 0.0586 e. The molecule has 0 bridgehead atoms. The Morgan fingerprint density at radius 2 is 2.22 bits per heavy atom. The molecule has 3 heterocycles. The molecule has 4 rings (SSSR count). The first kappa shape index (κ1) is 10.9. The Morgan fingerprint density at radius 1 is 1.33 bits per heavy atom. The summed E-state index contributed by atoms with van der Waals surface area (Å²) in [5.74, 6) is 0. The Hall–Kier alpha value is -0.990. The van der Waals surface area contributed by atoms with Gasteiger partial charge in [-0.25, -0.2) is 0 Å². The molecule has 94 valence electrons. The maximum atomic E-state index is 6.14. The number of rotatable bonds is 0. The van der Waals surface area contributed by atoms with Crippen LogP contribution in [0.5, 0.6) is 0 Å². The lowest BCUT2D eigenvalue weighted by Gasteiger charge is -2.39. The van der Waals surface area contributed by atoms with Crippen molar-refractivity contribution in [3.8, 4) is 0 Å². The number of nitrogens with one attached hydrogen (secondary N) is 1. The summed E-state index contributed by atoms with van der Waals surface area (Å²) < 4.78 is 0. The number of hydrogen-bond donors (Lipinski definition) is 1. The lowest BCUT2D eigenvalue weighted by Crippen LogP contribution is -2.44. The molecule has 18 heavy (non-hydrogen) atoms. The Balaban J connectivity index is 2.00. The summed E-state index contributed by atoms with van der Waals surface area (Å²) >= 11 is 6.14. The number of halogens is 1. The van der Waals surface area contributed by atoms with E-state index in [9.17, 15) is 0 Å². The predicted octanol–water partition coefficient (Wildman–Crippen LogP) is 3.69. The summed E-state index contributed by atoms with van der Waals surface area (Å²) in [5.41, 5.74) is 4.38. The van der Waals surface area contributed by atoms with E-state index in [1.165, 1.54) is 48.1 Å². The van der Waals surface area contributed by atoms with Gasteiger partial charge in [0.05, 0.1) is 5.54 Å². The minimum absolute atomic E-state index is 0.221. The van der Waals surface area contributed by atoms with E-state index >= 15 is 0 Å². The summed E-state index contributed by atoms with van der Waals surface area (Å²) in [6.45, 7) is 4.81. The van der Waals surface area contributed by atoms with Crippen LogP contribution in [0, 0.1) is 0 Å². The third-order valence-corrected chi connectivity index (χ3v) is 5.06. The lowest BCUT2D eigenvalue weighted by molar-refractivity contribution is 0.139. The summed E-state index contributed by atoms with van der Waals surface area (Å²) in [6, 6.07) is 6.19. The van der Waals surface area contributed by atoms with Gasteiger partial charge in [0.15, 0.2) is 0 Å². The van der Waals surface area contributed by atoms with Crippen LogP contribution in [0.4, 0.5) is 0 Å². The molecular weight excluding hydrogens is 244 g/mol. The van der Waals surface area contributed by atoms with E-state index in [0.29, 0.717) is 0 Å². The van der Waals surface area contributed by atoms with Gasteiger partial charge >= 0.3 is 0 Å². The molecule has 0 radical (unpaired) electrons. The average molecular weight is 261 g/mol.